The molecule has 2 aliphatic heterocycles. The third kappa shape index (κ3) is 44.4. The molecule has 0 radical (unpaired) electrons. The molecule has 0 spiro atoms. The number of carbonyl (C=O) groups is 2. The molecule has 51 nitrogen and oxygen atoms in total. The molecule has 4 fully saturated rings. The number of rotatable bonds is 54. The minimum Gasteiger partial charge on any atom is -0.381 e. The smallest absolute Gasteiger partial charge is 0.381 e. The van der Waals surface area contributed by atoms with Gasteiger partial charge in [-0.1, -0.05) is 19.3 Å². The van der Waals surface area contributed by atoms with E-state index in [1.54, 1.807) is 0 Å². The van der Waals surface area contributed by atoms with Crippen LogP contribution in [0.25, 0.3) is 0 Å². The Morgan fingerprint density at radius 1 is 0.306 bits per heavy atom. The van der Waals surface area contributed by atoms with E-state index in [4.69, 9.17) is 55.4 Å². The third-order valence-electron chi connectivity index (χ3n) is 15.5. The first kappa shape index (κ1) is 97.9. The van der Waals surface area contributed by atoms with Crippen LogP contribution in [0.3, 0.4) is 0 Å². The normalized spacial score (nSPS) is 27.6. The zero-order chi connectivity index (χ0) is 81.3. The monoisotopic (exact) mass is 1780 g/mol. The van der Waals surface area contributed by atoms with Crippen molar-refractivity contribution in [3.63, 3.8) is 0 Å². The second-order valence-electron chi connectivity index (χ2n) is 24.0. The average Bonchev–Trinajstić information content (AvgIpc) is 0.794. The molecule has 0 aromatic heterocycles. The zero-order valence-electron chi connectivity index (χ0n) is 56.1. The van der Waals surface area contributed by atoms with Crippen molar-refractivity contribution in [2.75, 3.05) is 72.6 Å². The predicted molar refractivity (Wildman–Crippen MR) is 345 cm³/mol. The lowest BCUT2D eigenvalue weighted by Crippen LogP contribution is -2.56. The van der Waals surface area contributed by atoms with Crippen molar-refractivity contribution >= 4 is 116 Å². The van der Waals surface area contributed by atoms with E-state index in [0.717, 1.165) is 0 Å². The summed E-state index contributed by atoms with van der Waals surface area (Å²) in [5.74, 6) is -3.63. The molecule has 0 bridgehead atoms. The molecule has 2 saturated heterocycles. The van der Waals surface area contributed by atoms with Crippen LogP contribution in [-0.2, 0) is 193 Å². The van der Waals surface area contributed by atoms with Gasteiger partial charge in [0, 0.05) is 89.8 Å². The molecule has 11 N–H and O–H groups in total. The van der Waals surface area contributed by atoms with Gasteiger partial charge in [-0.05, 0) is 51.4 Å². The summed E-state index contributed by atoms with van der Waals surface area (Å²) in [5, 5.41) is 2.67. The van der Waals surface area contributed by atoms with Crippen LogP contribution in [0.2, 0.25) is 0 Å². The van der Waals surface area contributed by atoms with Gasteiger partial charge in [-0.3, -0.25) is 55.1 Å². The topological polar surface area (TPSA) is 756 Å². The molecule has 1 amide bonds. The zero-order valence-corrected chi connectivity index (χ0v) is 64.3. The van der Waals surface area contributed by atoms with Gasteiger partial charge in [-0.15, -0.1) is 0 Å². The van der Waals surface area contributed by atoms with Crippen LogP contribution in [0.4, 0.5) is 0 Å². The number of ether oxygens (including phenoxy) is 8. The lowest BCUT2D eigenvalue weighted by atomic mass is 9.83. The molecule has 2 aliphatic carbocycles. The van der Waals surface area contributed by atoms with Gasteiger partial charge in [0.1, 0.15) is 42.4 Å². The quantitative estimate of drug-likeness (QED) is 0.0219. The highest BCUT2D eigenvalue weighted by Crippen LogP contribution is 2.39. The van der Waals surface area contributed by atoms with Crippen molar-refractivity contribution in [1.82, 2.24) is 5.32 Å². The summed E-state index contributed by atoms with van der Waals surface area (Å²) in [6, 6.07) is 0. The average molecular weight is 1780 g/mol. The molecule has 4 rings (SSSR count). The summed E-state index contributed by atoms with van der Waals surface area (Å²) in [5.41, 5.74) is 0. The number of Topliss-reactive ketones (excluding diaryl/α,β-unsaturated/α-hetero) is 1. The van der Waals surface area contributed by atoms with Crippen LogP contribution in [0.1, 0.15) is 116 Å². The number of carbonyl (C=O) groups excluding carboxylic acids is 2. The van der Waals surface area contributed by atoms with Crippen LogP contribution >= 0.6 is 0 Å². The summed E-state index contributed by atoms with van der Waals surface area (Å²) in [4.78, 5) is 24.9. The maximum Gasteiger partial charge on any atom is 0.397 e. The number of hydrogen-bond acceptors (Lipinski definition) is 40. The summed E-state index contributed by atoms with van der Waals surface area (Å²) in [7, 11) is -53.6. The predicted octanol–water partition coefficient (Wildman–Crippen LogP) is -2.62. The van der Waals surface area contributed by atoms with Crippen LogP contribution in [0.5, 0.6) is 0 Å². The fourth-order valence-corrected chi connectivity index (χ4v) is 15.6. The van der Waals surface area contributed by atoms with Crippen LogP contribution in [0.15, 0.2) is 0 Å². The number of nitrogens with one attached hydrogen (secondary N) is 1. The summed E-state index contributed by atoms with van der Waals surface area (Å²) < 4.78 is 418. The molecule has 0 aromatic rings. The fraction of sp³-hybridized carbons (Fsp3) is 0.957. The molecule has 16 unspecified atom stereocenters. The van der Waals surface area contributed by atoms with Gasteiger partial charge < -0.3 is 43.2 Å². The summed E-state index contributed by atoms with van der Waals surface area (Å²) in [6.07, 6.45) is -27.3. The van der Waals surface area contributed by atoms with E-state index in [0.29, 0.717) is 44.9 Å². The van der Waals surface area contributed by atoms with E-state index in [1.807, 2.05) is 0 Å². The molecule has 4 aliphatic rings. The Labute approximate surface area is 622 Å². The van der Waals surface area contributed by atoms with Gasteiger partial charge in [-0.2, -0.15) is 84.2 Å². The Balaban J connectivity index is 1.14. The Morgan fingerprint density at radius 2 is 0.630 bits per heavy atom. The molecule has 61 heteroatoms. The van der Waals surface area contributed by atoms with Crippen molar-refractivity contribution in [3.05, 3.63) is 0 Å². The van der Waals surface area contributed by atoms with Gasteiger partial charge in [0.05, 0.1) is 76.3 Å². The highest BCUT2D eigenvalue weighted by atomic mass is 32.3. The maximum absolute atomic E-state index is 12.5. The van der Waals surface area contributed by atoms with Crippen LogP contribution < -0.4 is 5.32 Å². The van der Waals surface area contributed by atoms with Crippen molar-refractivity contribution in [2.24, 2.45) is 11.8 Å². The highest BCUT2D eigenvalue weighted by molar-refractivity contribution is 7.83. The van der Waals surface area contributed by atoms with E-state index in [9.17, 15) is 130 Å². The minimum absolute atomic E-state index is 0.0299. The van der Waals surface area contributed by atoms with Gasteiger partial charge in [0.15, 0.2) is 12.6 Å². The molecule has 2 saturated carbocycles. The number of ketones is 1. The first-order chi connectivity index (χ1) is 49.6. The van der Waals surface area contributed by atoms with Crippen LogP contribution in [0, 0.1) is 11.8 Å². The largest absolute Gasteiger partial charge is 0.397 e. The second kappa shape index (κ2) is 44.0. The van der Waals surface area contributed by atoms with E-state index < -0.39 is 267 Å². The van der Waals surface area contributed by atoms with Crippen LogP contribution in [-0.4, -0.2) is 300 Å². The molecular weight excluding hydrogens is 1700 g/mol. The highest BCUT2D eigenvalue weighted by Gasteiger charge is 2.51. The van der Waals surface area contributed by atoms with E-state index in [1.165, 1.54) is 0 Å². The number of unbranched alkanes of at least 4 members (excludes halogenated alkanes) is 6. The fourth-order valence-electron chi connectivity index (χ4n) is 11.2. The van der Waals surface area contributed by atoms with Gasteiger partial charge in [0.2, 0.25) is 5.91 Å². The van der Waals surface area contributed by atoms with Gasteiger partial charge >= 0.3 is 104 Å². The second-order valence-corrected chi connectivity index (χ2v) is 34.6. The standard InChI is InChI=1S/C47H85NO50S10/c49-32(10-5-2-1-3-7-16-83-46-41(97-107(75,76)77)24-37(43(91-46)28-87-101(57,58)59)89-35-20-30(26-85-99(51,52)53)33(93-103(63,64)65)22-39(35)95-105(69,70)71)11-18-81-14-9-15-82-19-12-45(50)48-13-6-4-8-17-84-47-42(98-108(78,79)80)25-38(44(92-47)29-88-102(60,61)62)90-36-21-31(27-86-100(54,55)56)34(94-104(66,67)68)23-40(36)96-106(72,73)74/h30-31,33-44,46-47H,1-29H2,(H,48,50)(H,51,52,53)(H,54,55,56)(H,57,58,59)(H,60,61,62)(H,63,64,65)(H,66,67,68)(H,69,70,71)(H,72,73,74)(H,75,76,77)(H,78,79,80). The Kier molecular flexibility index (Phi) is 39.9. The van der Waals surface area contributed by atoms with Crippen molar-refractivity contribution in [3.8, 4) is 0 Å². The lowest BCUT2D eigenvalue weighted by Gasteiger charge is -2.44. The summed E-state index contributed by atoms with van der Waals surface area (Å²) in [6.45, 7) is -4.38. The molecule has 16 atom stereocenters. The van der Waals surface area contributed by atoms with Gasteiger partial charge in [0.25, 0.3) is 0 Å². The Hall–Kier alpha value is -2.48. The maximum atomic E-state index is 12.5. The van der Waals surface area contributed by atoms with E-state index in [-0.39, 0.29) is 90.0 Å². The molecule has 108 heavy (non-hydrogen) atoms. The minimum atomic E-state index is -5.48. The van der Waals surface area contributed by atoms with Crippen molar-refractivity contribution in [1.29, 1.82) is 0 Å². The lowest BCUT2D eigenvalue weighted by molar-refractivity contribution is -0.281. The Morgan fingerprint density at radius 3 is 1.01 bits per heavy atom. The Bertz CT molecular complexity index is 4020. The number of hydrogen-bond donors (Lipinski definition) is 11. The molecular formula is C47H85NO50S10. The SMILES string of the molecule is O=C(CCCCCCCOC1OC(COS(=O)(=O)O)C(OC2CC(COS(=O)(=O)O)C(OS(=O)(=O)O)CC2OS(=O)(=O)O)CC1OS(=O)(=O)O)CCOCCCOCCC(=O)NCCCCCOC1OC(COS(=O)(=O)O)C(OC2CC(COS(=O)(=O)O)C(OS(=O)(=O)O)CC2OS(=O)(=O)O)CC1OS(=O)(=O)O. The third-order valence-corrected chi connectivity index (χ3v) is 20.2. The molecule has 0 aromatic carbocycles. The van der Waals surface area contributed by atoms with E-state index >= 15 is 0 Å². The van der Waals surface area contributed by atoms with Crippen molar-refractivity contribution < 1.29 is 219 Å². The molecule has 638 valence electrons. The van der Waals surface area contributed by atoms with Gasteiger partial charge in [-0.25, -0.2) is 41.8 Å². The first-order valence-corrected chi connectivity index (χ1v) is 45.4. The van der Waals surface area contributed by atoms with E-state index in [2.05, 4.69) is 38.8 Å². The summed E-state index contributed by atoms with van der Waals surface area (Å²) >= 11 is 0. The molecule has 2 heterocycles. The first-order valence-electron chi connectivity index (χ1n) is 31.8. The number of amides is 1. The van der Waals surface area contributed by atoms with Crippen molar-refractivity contribution in [2.45, 2.75) is 201 Å².